The van der Waals surface area contributed by atoms with Crippen molar-refractivity contribution < 1.29 is 14.3 Å². The summed E-state index contributed by atoms with van der Waals surface area (Å²) in [6.07, 6.45) is 0. The molecule has 0 aliphatic carbocycles. The third-order valence-corrected chi connectivity index (χ3v) is 2.73. The summed E-state index contributed by atoms with van der Waals surface area (Å²) in [5, 5.41) is 14.3. The van der Waals surface area contributed by atoms with Gasteiger partial charge in [0.2, 0.25) is 5.91 Å². The van der Waals surface area contributed by atoms with Gasteiger partial charge in [0, 0.05) is 23.5 Å². The van der Waals surface area contributed by atoms with Gasteiger partial charge in [-0.05, 0) is 24.3 Å². The molecule has 0 bridgehead atoms. The minimum Gasteiger partial charge on any atom is -0.387 e. The van der Waals surface area contributed by atoms with E-state index in [0.29, 0.717) is 17.8 Å². The Bertz CT molecular complexity index is 602. The molecule has 2 aromatic rings. The lowest BCUT2D eigenvalue weighted by molar-refractivity contribution is -0.118. The van der Waals surface area contributed by atoms with Crippen LogP contribution in [0.2, 0.25) is 0 Å². The Morgan fingerprint density at radius 2 is 1.85 bits per heavy atom. The molecule has 0 atom stereocenters. The van der Waals surface area contributed by atoms with Crippen molar-refractivity contribution in [1.29, 1.82) is 0 Å². The van der Waals surface area contributed by atoms with E-state index in [-0.39, 0.29) is 5.82 Å². The van der Waals surface area contributed by atoms with Gasteiger partial charge in [-0.15, -0.1) is 0 Å². The summed E-state index contributed by atoms with van der Waals surface area (Å²) >= 11 is 0. The Kier molecular flexibility index (Phi) is 4.68. The second-order valence-electron chi connectivity index (χ2n) is 4.23. The molecule has 0 saturated heterocycles. The van der Waals surface area contributed by atoms with E-state index < -0.39 is 12.5 Å². The maximum atomic E-state index is 13.5. The first-order valence-corrected chi connectivity index (χ1v) is 6.17. The molecule has 2 aromatic carbocycles. The van der Waals surface area contributed by atoms with Crippen LogP contribution in [0.15, 0.2) is 48.5 Å². The minimum atomic E-state index is -0.563. The monoisotopic (exact) mass is 274 g/mol. The Morgan fingerprint density at radius 3 is 2.60 bits per heavy atom. The van der Waals surface area contributed by atoms with Crippen LogP contribution >= 0.6 is 0 Å². The SMILES string of the molecule is O=C(CO)Nc1cccc(NCc2ccccc2F)c1. The van der Waals surface area contributed by atoms with Crippen molar-refractivity contribution in [1.82, 2.24) is 0 Å². The van der Waals surface area contributed by atoms with E-state index in [1.54, 1.807) is 36.4 Å². The maximum Gasteiger partial charge on any atom is 0.250 e. The summed E-state index contributed by atoms with van der Waals surface area (Å²) in [6, 6.07) is 13.5. The number of carbonyl (C=O) groups is 1. The molecule has 20 heavy (non-hydrogen) atoms. The molecule has 0 heterocycles. The molecule has 0 aliphatic rings. The van der Waals surface area contributed by atoms with Crippen LogP contribution in [0.3, 0.4) is 0 Å². The number of aliphatic hydroxyl groups excluding tert-OH is 1. The van der Waals surface area contributed by atoms with E-state index in [9.17, 15) is 9.18 Å². The quantitative estimate of drug-likeness (QED) is 0.784. The molecule has 1 amide bonds. The zero-order chi connectivity index (χ0) is 14.4. The topological polar surface area (TPSA) is 61.4 Å². The molecule has 3 N–H and O–H groups in total. The van der Waals surface area contributed by atoms with Crippen molar-refractivity contribution in [2.75, 3.05) is 17.2 Å². The summed E-state index contributed by atoms with van der Waals surface area (Å²) in [4.78, 5) is 11.1. The Labute approximate surface area is 116 Å². The summed E-state index contributed by atoms with van der Waals surface area (Å²) < 4.78 is 13.5. The Morgan fingerprint density at radius 1 is 1.10 bits per heavy atom. The fourth-order valence-corrected chi connectivity index (χ4v) is 1.75. The minimum absolute atomic E-state index is 0.260. The van der Waals surface area contributed by atoms with Crippen LogP contribution in [0.25, 0.3) is 0 Å². The molecule has 2 rings (SSSR count). The smallest absolute Gasteiger partial charge is 0.250 e. The van der Waals surface area contributed by atoms with Crippen molar-refractivity contribution in [3.05, 3.63) is 59.9 Å². The maximum absolute atomic E-state index is 13.5. The molecule has 0 unspecified atom stereocenters. The van der Waals surface area contributed by atoms with Crippen LogP contribution in [0, 0.1) is 5.82 Å². The normalized spacial score (nSPS) is 10.1. The molecule has 104 valence electrons. The number of hydrogen-bond donors (Lipinski definition) is 3. The molecule has 0 radical (unpaired) electrons. The second-order valence-corrected chi connectivity index (χ2v) is 4.23. The molecule has 0 spiro atoms. The lowest BCUT2D eigenvalue weighted by Crippen LogP contribution is -2.15. The van der Waals surface area contributed by atoms with E-state index in [4.69, 9.17) is 5.11 Å². The molecular formula is C15H15FN2O2. The van der Waals surface area contributed by atoms with Crippen LogP contribution in [0.4, 0.5) is 15.8 Å². The number of anilines is 2. The van der Waals surface area contributed by atoms with Gasteiger partial charge in [-0.25, -0.2) is 4.39 Å². The average Bonchev–Trinajstić information content (AvgIpc) is 2.47. The van der Waals surface area contributed by atoms with E-state index in [1.165, 1.54) is 6.07 Å². The van der Waals surface area contributed by atoms with Crippen molar-refractivity contribution in [2.24, 2.45) is 0 Å². The first kappa shape index (κ1) is 14.0. The average molecular weight is 274 g/mol. The van der Waals surface area contributed by atoms with E-state index in [1.807, 2.05) is 6.07 Å². The number of rotatable bonds is 5. The third kappa shape index (κ3) is 3.80. The van der Waals surface area contributed by atoms with Crippen molar-refractivity contribution in [3.8, 4) is 0 Å². The first-order chi connectivity index (χ1) is 9.69. The van der Waals surface area contributed by atoms with Gasteiger partial charge in [0.25, 0.3) is 0 Å². The fourth-order valence-electron chi connectivity index (χ4n) is 1.75. The highest BCUT2D eigenvalue weighted by Crippen LogP contribution is 2.16. The number of halogens is 1. The predicted molar refractivity (Wildman–Crippen MR) is 75.9 cm³/mol. The molecule has 0 aliphatic heterocycles. The largest absolute Gasteiger partial charge is 0.387 e. The summed E-state index contributed by atoms with van der Waals surface area (Å²) in [6.45, 7) is -0.211. The van der Waals surface area contributed by atoms with Crippen LogP contribution in [-0.2, 0) is 11.3 Å². The zero-order valence-electron chi connectivity index (χ0n) is 10.8. The van der Waals surface area contributed by atoms with Crippen molar-refractivity contribution in [3.63, 3.8) is 0 Å². The lowest BCUT2D eigenvalue weighted by atomic mass is 10.2. The van der Waals surface area contributed by atoms with Gasteiger partial charge < -0.3 is 15.7 Å². The second kappa shape index (κ2) is 6.68. The van der Waals surface area contributed by atoms with Crippen LogP contribution < -0.4 is 10.6 Å². The molecule has 0 aromatic heterocycles. The molecular weight excluding hydrogens is 259 g/mol. The van der Waals surface area contributed by atoms with Gasteiger partial charge in [-0.2, -0.15) is 0 Å². The van der Waals surface area contributed by atoms with Gasteiger partial charge in [0.15, 0.2) is 0 Å². The number of benzene rings is 2. The summed E-state index contributed by atoms with van der Waals surface area (Å²) in [5.74, 6) is -0.735. The van der Waals surface area contributed by atoms with Crippen molar-refractivity contribution >= 4 is 17.3 Å². The number of carbonyl (C=O) groups excluding carboxylic acids is 1. The molecule has 5 heteroatoms. The van der Waals surface area contributed by atoms with E-state index in [2.05, 4.69) is 10.6 Å². The molecule has 0 saturated carbocycles. The number of aliphatic hydroxyl groups is 1. The van der Waals surface area contributed by atoms with Gasteiger partial charge in [0.05, 0.1) is 0 Å². The Balaban J connectivity index is 2.01. The zero-order valence-corrected chi connectivity index (χ0v) is 10.8. The molecule has 0 fully saturated rings. The van der Waals surface area contributed by atoms with Gasteiger partial charge in [-0.3, -0.25) is 4.79 Å². The van der Waals surface area contributed by atoms with Crippen LogP contribution in [0.5, 0.6) is 0 Å². The Hall–Kier alpha value is -2.40. The standard InChI is InChI=1S/C15H15FN2O2/c16-14-7-2-1-4-11(14)9-17-12-5-3-6-13(8-12)18-15(20)10-19/h1-8,17,19H,9-10H2,(H,18,20). The van der Waals surface area contributed by atoms with Crippen LogP contribution in [0.1, 0.15) is 5.56 Å². The lowest BCUT2D eigenvalue weighted by Gasteiger charge is -2.09. The predicted octanol–water partition coefficient (Wildman–Crippen LogP) is 2.37. The summed E-state index contributed by atoms with van der Waals surface area (Å²) in [7, 11) is 0. The number of nitrogens with one attached hydrogen (secondary N) is 2. The highest BCUT2D eigenvalue weighted by atomic mass is 19.1. The van der Waals surface area contributed by atoms with Crippen molar-refractivity contribution in [2.45, 2.75) is 6.54 Å². The van der Waals surface area contributed by atoms with E-state index >= 15 is 0 Å². The van der Waals surface area contributed by atoms with E-state index in [0.717, 1.165) is 5.69 Å². The van der Waals surface area contributed by atoms with Crippen LogP contribution in [-0.4, -0.2) is 17.6 Å². The van der Waals surface area contributed by atoms with Gasteiger partial charge >= 0.3 is 0 Å². The first-order valence-electron chi connectivity index (χ1n) is 6.17. The summed E-state index contributed by atoms with van der Waals surface area (Å²) in [5.41, 5.74) is 1.89. The third-order valence-electron chi connectivity index (χ3n) is 2.73. The number of amides is 1. The molecule has 4 nitrogen and oxygen atoms in total. The highest BCUT2D eigenvalue weighted by Gasteiger charge is 2.02. The highest BCUT2D eigenvalue weighted by molar-refractivity contribution is 5.91. The van der Waals surface area contributed by atoms with Gasteiger partial charge in [-0.1, -0.05) is 24.3 Å². The van der Waals surface area contributed by atoms with Gasteiger partial charge in [0.1, 0.15) is 12.4 Å². The fraction of sp³-hybridized carbons (Fsp3) is 0.133. The number of hydrogen-bond acceptors (Lipinski definition) is 3.